The van der Waals surface area contributed by atoms with Crippen LogP contribution in [0, 0.1) is 5.82 Å². The number of hydrogen-bond donors (Lipinski definition) is 2. The Labute approximate surface area is 134 Å². The summed E-state index contributed by atoms with van der Waals surface area (Å²) >= 11 is 0. The van der Waals surface area contributed by atoms with Gasteiger partial charge in [0.15, 0.2) is 6.61 Å². The Hall–Kier alpha value is -2.15. The Morgan fingerprint density at radius 2 is 2.00 bits per heavy atom. The van der Waals surface area contributed by atoms with Gasteiger partial charge in [0, 0.05) is 12.1 Å². The fourth-order valence-electron chi connectivity index (χ4n) is 2.63. The Morgan fingerprint density at radius 3 is 2.57 bits per heavy atom. The van der Waals surface area contributed by atoms with Gasteiger partial charge in [0.2, 0.25) is 0 Å². The third-order valence-corrected chi connectivity index (χ3v) is 3.92. The maximum atomic E-state index is 12.7. The first-order chi connectivity index (χ1) is 11.0. The molecule has 0 aromatic heterocycles. The lowest BCUT2D eigenvalue weighted by atomic mass is 9.85. The number of carbonyl (C=O) groups excluding carboxylic acids is 1. The third kappa shape index (κ3) is 5.21. The number of hydrogen-bond acceptors (Lipinski definition) is 4. The molecule has 0 spiro atoms. The number of rotatable bonds is 8. The summed E-state index contributed by atoms with van der Waals surface area (Å²) in [5.74, 6) is -0.998. The fraction of sp³-hybridized carbons (Fsp3) is 0.500. The highest BCUT2D eigenvalue weighted by molar-refractivity contribution is 5.78. The highest BCUT2D eigenvalue weighted by atomic mass is 19.1. The normalized spacial score (nSPS) is 20.0. The summed E-state index contributed by atoms with van der Waals surface area (Å²) in [5.41, 5.74) is 0. The third-order valence-electron chi connectivity index (χ3n) is 3.92. The predicted octanol–water partition coefficient (Wildman–Crippen LogP) is 1.26. The van der Waals surface area contributed by atoms with Crippen LogP contribution in [0.25, 0.3) is 0 Å². The molecule has 1 aliphatic rings. The molecule has 0 bridgehead atoms. The van der Waals surface area contributed by atoms with Crippen LogP contribution < -0.4 is 10.1 Å². The molecule has 1 fully saturated rings. The van der Waals surface area contributed by atoms with E-state index >= 15 is 0 Å². The van der Waals surface area contributed by atoms with E-state index in [1.165, 1.54) is 24.3 Å². The monoisotopic (exact) mass is 324 g/mol. The fourth-order valence-corrected chi connectivity index (χ4v) is 2.63. The first-order valence-electron chi connectivity index (χ1n) is 7.61. The Bertz CT molecular complexity index is 544. The number of nitrogens with zero attached hydrogens (tertiary/aromatic N) is 1. The quantitative estimate of drug-likeness (QED) is 0.753. The number of aliphatic carboxylic acids is 1. The van der Waals surface area contributed by atoms with Crippen molar-refractivity contribution in [1.29, 1.82) is 0 Å². The number of ether oxygens (including phenoxy) is 1. The highest BCUT2D eigenvalue weighted by Crippen LogP contribution is 2.25. The molecule has 0 unspecified atom stereocenters. The van der Waals surface area contributed by atoms with Gasteiger partial charge >= 0.3 is 5.97 Å². The van der Waals surface area contributed by atoms with Gasteiger partial charge in [-0.25, -0.2) is 4.39 Å². The second-order valence-corrected chi connectivity index (χ2v) is 5.59. The van der Waals surface area contributed by atoms with Crippen molar-refractivity contribution in [2.24, 2.45) is 0 Å². The molecule has 7 heteroatoms. The molecule has 0 radical (unpaired) electrons. The number of amides is 1. The van der Waals surface area contributed by atoms with Gasteiger partial charge in [0.25, 0.3) is 5.91 Å². The Morgan fingerprint density at radius 1 is 1.35 bits per heavy atom. The molecule has 1 aromatic carbocycles. The van der Waals surface area contributed by atoms with Gasteiger partial charge < -0.3 is 15.2 Å². The van der Waals surface area contributed by atoms with E-state index < -0.39 is 5.97 Å². The summed E-state index contributed by atoms with van der Waals surface area (Å²) in [6, 6.07) is 5.71. The standard InChI is InChI=1S/C16H21FN2O4/c1-2-19(9-16(21)22)13-7-12(8-13)18-15(20)10-23-14-5-3-11(17)4-6-14/h3-6,12-13H,2,7-10H2,1H3,(H,18,20)(H,21,22). The number of nitrogens with one attached hydrogen (secondary N) is 1. The molecule has 0 aliphatic heterocycles. The summed E-state index contributed by atoms with van der Waals surface area (Å²) in [5, 5.41) is 11.7. The van der Waals surface area contributed by atoms with Crippen molar-refractivity contribution in [2.75, 3.05) is 19.7 Å². The molecule has 1 saturated carbocycles. The van der Waals surface area contributed by atoms with Gasteiger partial charge in [-0.2, -0.15) is 0 Å². The molecule has 0 atom stereocenters. The van der Waals surface area contributed by atoms with Crippen LogP contribution in [-0.4, -0.2) is 53.7 Å². The maximum absolute atomic E-state index is 12.7. The molecule has 0 heterocycles. The van der Waals surface area contributed by atoms with Crippen molar-refractivity contribution in [2.45, 2.75) is 31.8 Å². The van der Waals surface area contributed by atoms with Crippen LogP contribution in [0.1, 0.15) is 19.8 Å². The van der Waals surface area contributed by atoms with Gasteiger partial charge in [-0.05, 0) is 43.7 Å². The van der Waals surface area contributed by atoms with Crippen molar-refractivity contribution < 1.29 is 23.8 Å². The van der Waals surface area contributed by atoms with Crippen molar-refractivity contribution in [3.05, 3.63) is 30.1 Å². The molecular formula is C16H21FN2O4. The topological polar surface area (TPSA) is 78.9 Å². The number of carbonyl (C=O) groups is 2. The zero-order valence-corrected chi connectivity index (χ0v) is 13.0. The molecule has 1 aliphatic carbocycles. The SMILES string of the molecule is CCN(CC(=O)O)C1CC(NC(=O)COc2ccc(F)cc2)C1. The van der Waals surface area contributed by atoms with E-state index in [2.05, 4.69) is 5.32 Å². The molecule has 2 rings (SSSR count). The summed E-state index contributed by atoms with van der Waals surface area (Å²) in [6.07, 6.45) is 1.48. The summed E-state index contributed by atoms with van der Waals surface area (Å²) in [7, 11) is 0. The number of carboxylic acids is 1. The van der Waals surface area contributed by atoms with E-state index in [-0.39, 0.29) is 37.0 Å². The minimum Gasteiger partial charge on any atom is -0.484 e. The Balaban J connectivity index is 1.67. The van der Waals surface area contributed by atoms with Crippen LogP contribution in [0.3, 0.4) is 0 Å². The lowest BCUT2D eigenvalue weighted by Gasteiger charge is -2.42. The van der Waals surface area contributed by atoms with E-state index in [4.69, 9.17) is 9.84 Å². The van der Waals surface area contributed by atoms with Crippen LogP contribution in [0.15, 0.2) is 24.3 Å². The number of carboxylic acid groups (broad SMARTS) is 1. The summed E-state index contributed by atoms with van der Waals surface area (Å²) in [6.45, 7) is 2.49. The molecular weight excluding hydrogens is 303 g/mol. The number of halogens is 1. The van der Waals surface area contributed by atoms with Gasteiger partial charge in [-0.15, -0.1) is 0 Å². The van der Waals surface area contributed by atoms with Crippen LogP contribution in [0.4, 0.5) is 4.39 Å². The van der Waals surface area contributed by atoms with E-state index in [0.717, 1.165) is 12.8 Å². The minimum atomic E-state index is -0.841. The molecule has 126 valence electrons. The molecule has 6 nitrogen and oxygen atoms in total. The second-order valence-electron chi connectivity index (χ2n) is 5.59. The van der Waals surface area contributed by atoms with E-state index in [1.54, 1.807) is 0 Å². The van der Waals surface area contributed by atoms with Crippen LogP contribution in [-0.2, 0) is 9.59 Å². The van der Waals surface area contributed by atoms with Crippen LogP contribution >= 0.6 is 0 Å². The van der Waals surface area contributed by atoms with E-state index in [1.807, 2.05) is 11.8 Å². The van der Waals surface area contributed by atoms with Crippen molar-refractivity contribution >= 4 is 11.9 Å². The second kappa shape index (κ2) is 7.92. The predicted molar refractivity (Wildman–Crippen MR) is 81.7 cm³/mol. The molecule has 1 amide bonds. The smallest absolute Gasteiger partial charge is 0.317 e. The first kappa shape index (κ1) is 17.2. The number of likely N-dealkylation sites (N-methyl/N-ethyl adjacent to an activating group) is 1. The summed E-state index contributed by atoms with van der Waals surface area (Å²) in [4.78, 5) is 24.4. The van der Waals surface area contributed by atoms with Crippen LogP contribution in [0.2, 0.25) is 0 Å². The van der Waals surface area contributed by atoms with Crippen molar-refractivity contribution in [1.82, 2.24) is 10.2 Å². The zero-order chi connectivity index (χ0) is 16.8. The van der Waals surface area contributed by atoms with E-state index in [0.29, 0.717) is 12.3 Å². The van der Waals surface area contributed by atoms with Gasteiger partial charge in [0.1, 0.15) is 11.6 Å². The van der Waals surface area contributed by atoms with E-state index in [9.17, 15) is 14.0 Å². The molecule has 23 heavy (non-hydrogen) atoms. The lowest BCUT2D eigenvalue weighted by Crippen LogP contribution is -2.55. The molecule has 0 saturated heterocycles. The average molecular weight is 324 g/mol. The minimum absolute atomic E-state index is 0.0233. The highest BCUT2D eigenvalue weighted by Gasteiger charge is 2.34. The summed E-state index contributed by atoms with van der Waals surface area (Å²) < 4.78 is 18.0. The van der Waals surface area contributed by atoms with Crippen molar-refractivity contribution in [3.8, 4) is 5.75 Å². The van der Waals surface area contributed by atoms with Crippen LogP contribution in [0.5, 0.6) is 5.75 Å². The first-order valence-corrected chi connectivity index (χ1v) is 7.61. The maximum Gasteiger partial charge on any atom is 0.317 e. The largest absolute Gasteiger partial charge is 0.484 e. The zero-order valence-electron chi connectivity index (χ0n) is 13.0. The van der Waals surface area contributed by atoms with Gasteiger partial charge in [0.05, 0.1) is 6.54 Å². The lowest BCUT2D eigenvalue weighted by molar-refractivity contribution is -0.139. The number of benzene rings is 1. The van der Waals surface area contributed by atoms with Crippen molar-refractivity contribution in [3.63, 3.8) is 0 Å². The Kier molecular flexibility index (Phi) is 5.92. The van der Waals surface area contributed by atoms with Gasteiger partial charge in [-0.1, -0.05) is 6.92 Å². The molecule has 1 aromatic rings. The average Bonchev–Trinajstić information content (AvgIpc) is 2.47. The molecule has 2 N–H and O–H groups in total. The van der Waals surface area contributed by atoms with Gasteiger partial charge in [-0.3, -0.25) is 14.5 Å².